The fraction of sp³-hybridized carbons (Fsp3) is 0.263. The largest absolute Gasteiger partial charge is 0.369 e. The Bertz CT molecular complexity index is 807. The van der Waals surface area contributed by atoms with E-state index in [2.05, 4.69) is 15.5 Å². The first kappa shape index (κ1) is 17.0. The molecule has 0 spiro atoms. The number of benzene rings is 2. The maximum absolute atomic E-state index is 13.7. The van der Waals surface area contributed by atoms with Crippen LogP contribution in [0.5, 0.6) is 0 Å². The van der Waals surface area contributed by atoms with Gasteiger partial charge in [-0.2, -0.15) is 0 Å². The second-order valence-corrected chi connectivity index (χ2v) is 5.99. The summed E-state index contributed by atoms with van der Waals surface area (Å²) in [5, 5.41) is 5.49. The van der Waals surface area contributed by atoms with E-state index in [0.717, 1.165) is 17.8 Å². The summed E-state index contributed by atoms with van der Waals surface area (Å²) < 4.78 is 13.7. The Labute approximate surface area is 145 Å². The number of nitrogens with zero attached hydrogens (tertiary/aromatic N) is 1. The van der Waals surface area contributed by atoms with Gasteiger partial charge in [-0.1, -0.05) is 18.2 Å². The second kappa shape index (κ2) is 7.34. The second-order valence-electron chi connectivity index (χ2n) is 5.99. The number of rotatable bonds is 5. The van der Waals surface area contributed by atoms with E-state index in [1.54, 1.807) is 30.3 Å². The number of hydrogen-bond donors (Lipinski definition) is 2. The van der Waals surface area contributed by atoms with Gasteiger partial charge in [0.25, 0.3) is 0 Å². The minimum atomic E-state index is -0.334. The molecule has 2 amide bonds. The molecular weight excluding hydrogens is 321 g/mol. The number of carbonyl (C=O) groups excluding carboxylic acids is 2. The number of ketones is 1. The van der Waals surface area contributed by atoms with Gasteiger partial charge in [-0.25, -0.2) is 9.18 Å². The third-order valence-electron chi connectivity index (χ3n) is 4.26. The number of fused-ring (bicyclic) bond motifs is 1. The van der Waals surface area contributed by atoms with Crippen LogP contribution in [-0.2, 0) is 6.42 Å². The summed E-state index contributed by atoms with van der Waals surface area (Å²) in [7, 11) is 0. The summed E-state index contributed by atoms with van der Waals surface area (Å²) in [6.07, 6.45) is 0.687. The number of amides is 2. The molecule has 0 radical (unpaired) electrons. The van der Waals surface area contributed by atoms with Crippen LogP contribution in [0.3, 0.4) is 0 Å². The smallest absolute Gasteiger partial charge is 0.319 e. The van der Waals surface area contributed by atoms with Crippen LogP contribution in [0.2, 0.25) is 0 Å². The van der Waals surface area contributed by atoms with Crippen molar-refractivity contribution < 1.29 is 14.0 Å². The molecule has 0 atom stereocenters. The Kier molecular flexibility index (Phi) is 4.97. The third kappa shape index (κ3) is 3.96. The fourth-order valence-electron chi connectivity index (χ4n) is 2.99. The van der Waals surface area contributed by atoms with Gasteiger partial charge in [-0.3, -0.25) is 4.79 Å². The molecule has 130 valence electrons. The topological polar surface area (TPSA) is 61.4 Å². The highest BCUT2D eigenvalue weighted by Crippen LogP contribution is 2.29. The van der Waals surface area contributed by atoms with Crippen molar-refractivity contribution in [3.05, 3.63) is 59.4 Å². The van der Waals surface area contributed by atoms with Gasteiger partial charge in [0.2, 0.25) is 0 Å². The van der Waals surface area contributed by atoms with Gasteiger partial charge in [0.1, 0.15) is 5.82 Å². The number of urea groups is 1. The van der Waals surface area contributed by atoms with Crippen LogP contribution < -0.4 is 15.5 Å². The summed E-state index contributed by atoms with van der Waals surface area (Å²) in [5.74, 6) is -0.222. The molecule has 0 saturated heterocycles. The predicted molar refractivity (Wildman–Crippen MR) is 95.8 cm³/mol. The molecule has 2 aromatic rings. The summed E-state index contributed by atoms with van der Waals surface area (Å²) in [6.45, 7) is 3.28. The van der Waals surface area contributed by atoms with Crippen LogP contribution in [0.4, 0.5) is 20.6 Å². The lowest BCUT2D eigenvalue weighted by Crippen LogP contribution is -2.36. The molecule has 5 nitrogen and oxygen atoms in total. The summed E-state index contributed by atoms with van der Waals surface area (Å²) in [5.41, 5.74) is 2.76. The number of Topliss-reactive ketones (excluding diaryl/α,β-unsaturated/α-hetero) is 1. The van der Waals surface area contributed by atoms with Gasteiger partial charge in [-0.05, 0) is 37.6 Å². The first-order valence-corrected chi connectivity index (χ1v) is 8.23. The van der Waals surface area contributed by atoms with Gasteiger partial charge >= 0.3 is 6.03 Å². The van der Waals surface area contributed by atoms with Crippen molar-refractivity contribution in [3.8, 4) is 0 Å². The molecule has 6 heteroatoms. The quantitative estimate of drug-likeness (QED) is 0.821. The molecule has 2 aromatic carbocycles. The highest BCUT2D eigenvalue weighted by molar-refractivity contribution is 5.96. The molecule has 0 aliphatic carbocycles. The van der Waals surface area contributed by atoms with Crippen LogP contribution in [0, 0.1) is 5.82 Å². The molecule has 1 aliphatic rings. The highest BCUT2D eigenvalue weighted by Gasteiger charge is 2.21. The zero-order valence-corrected chi connectivity index (χ0v) is 14.0. The van der Waals surface area contributed by atoms with Crippen molar-refractivity contribution in [2.24, 2.45) is 0 Å². The van der Waals surface area contributed by atoms with E-state index in [0.29, 0.717) is 30.8 Å². The molecule has 25 heavy (non-hydrogen) atoms. The zero-order valence-electron chi connectivity index (χ0n) is 14.0. The molecule has 2 N–H and O–H groups in total. The van der Waals surface area contributed by atoms with Gasteiger partial charge in [0, 0.05) is 42.1 Å². The molecule has 1 aliphatic heterocycles. The maximum Gasteiger partial charge on any atom is 0.319 e. The van der Waals surface area contributed by atoms with Crippen molar-refractivity contribution >= 4 is 23.2 Å². The van der Waals surface area contributed by atoms with Crippen molar-refractivity contribution in [2.45, 2.75) is 13.3 Å². The Morgan fingerprint density at radius 2 is 2.00 bits per heavy atom. The van der Waals surface area contributed by atoms with Crippen molar-refractivity contribution in [2.75, 3.05) is 29.9 Å². The van der Waals surface area contributed by atoms with Crippen LogP contribution in [0.1, 0.15) is 22.8 Å². The summed E-state index contributed by atoms with van der Waals surface area (Å²) >= 11 is 0. The number of anilines is 2. The van der Waals surface area contributed by atoms with E-state index in [1.807, 2.05) is 6.07 Å². The number of hydrogen-bond acceptors (Lipinski definition) is 3. The van der Waals surface area contributed by atoms with E-state index in [-0.39, 0.29) is 17.6 Å². The van der Waals surface area contributed by atoms with E-state index < -0.39 is 0 Å². The lowest BCUT2D eigenvalue weighted by molar-refractivity contribution is 0.101. The number of nitrogens with one attached hydrogen (secondary N) is 2. The normalized spacial score (nSPS) is 12.6. The van der Waals surface area contributed by atoms with Gasteiger partial charge in [-0.15, -0.1) is 0 Å². The van der Waals surface area contributed by atoms with Gasteiger partial charge in [0.15, 0.2) is 5.78 Å². The standard InChI is InChI=1S/C19H20FN3O2/c1-13(24)14-4-2-5-15(12-14)22-19(25)21-9-11-23-10-8-16-17(20)6-3-7-18(16)23/h2-7,12H,8-11H2,1H3,(H2,21,22,25). The van der Waals surface area contributed by atoms with E-state index in [1.165, 1.54) is 13.0 Å². The van der Waals surface area contributed by atoms with Gasteiger partial charge < -0.3 is 15.5 Å². The van der Waals surface area contributed by atoms with E-state index >= 15 is 0 Å². The SMILES string of the molecule is CC(=O)c1cccc(NC(=O)NCCN2CCc3c(F)cccc32)c1. The highest BCUT2D eigenvalue weighted by atomic mass is 19.1. The average molecular weight is 341 g/mol. The van der Waals surface area contributed by atoms with Crippen LogP contribution in [0.25, 0.3) is 0 Å². The van der Waals surface area contributed by atoms with E-state index in [9.17, 15) is 14.0 Å². The molecule has 0 fully saturated rings. The zero-order chi connectivity index (χ0) is 17.8. The molecule has 0 unspecified atom stereocenters. The van der Waals surface area contributed by atoms with Crippen molar-refractivity contribution in [1.29, 1.82) is 0 Å². The third-order valence-corrected chi connectivity index (χ3v) is 4.26. The van der Waals surface area contributed by atoms with Crippen molar-refractivity contribution in [1.82, 2.24) is 5.32 Å². The molecule has 1 heterocycles. The lowest BCUT2D eigenvalue weighted by atomic mass is 10.1. The minimum Gasteiger partial charge on any atom is -0.369 e. The summed E-state index contributed by atoms with van der Waals surface area (Å²) in [6, 6.07) is 11.5. The Morgan fingerprint density at radius 3 is 2.80 bits per heavy atom. The predicted octanol–water partition coefficient (Wildman–Crippen LogP) is 3.21. The van der Waals surface area contributed by atoms with E-state index in [4.69, 9.17) is 0 Å². The summed E-state index contributed by atoms with van der Waals surface area (Å²) in [4.78, 5) is 25.4. The van der Waals surface area contributed by atoms with Crippen LogP contribution >= 0.6 is 0 Å². The molecular formula is C19H20FN3O2. The minimum absolute atomic E-state index is 0.0519. The first-order valence-electron chi connectivity index (χ1n) is 8.23. The number of halogens is 1. The molecule has 0 bridgehead atoms. The Balaban J connectivity index is 1.50. The number of carbonyl (C=O) groups is 2. The Hall–Kier alpha value is -2.89. The Morgan fingerprint density at radius 1 is 1.20 bits per heavy atom. The maximum atomic E-state index is 13.7. The van der Waals surface area contributed by atoms with Gasteiger partial charge in [0.05, 0.1) is 0 Å². The monoisotopic (exact) mass is 341 g/mol. The molecule has 0 saturated carbocycles. The molecule has 0 aromatic heterocycles. The fourth-order valence-corrected chi connectivity index (χ4v) is 2.99. The first-order chi connectivity index (χ1) is 12.0. The average Bonchev–Trinajstić information content (AvgIpc) is 3.00. The lowest BCUT2D eigenvalue weighted by Gasteiger charge is -2.19. The van der Waals surface area contributed by atoms with Crippen LogP contribution in [-0.4, -0.2) is 31.4 Å². The molecule has 3 rings (SSSR count). The van der Waals surface area contributed by atoms with Crippen molar-refractivity contribution in [3.63, 3.8) is 0 Å². The van der Waals surface area contributed by atoms with Crippen LogP contribution in [0.15, 0.2) is 42.5 Å².